The average Bonchev–Trinajstić information content (AvgIpc) is 2.41. The lowest BCUT2D eigenvalue weighted by Crippen LogP contribution is -2.29. The summed E-state index contributed by atoms with van der Waals surface area (Å²) in [5.41, 5.74) is 7.77. The van der Waals surface area contributed by atoms with Crippen LogP contribution in [0.15, 0.2) is 24.3 Å². The molecule has 0 aromatic heterocycles. The molecular formula is C15H24N4O. The van der Waals surface area contributed by atoms with Crippen LogP contribution in [-0.4, -0.2) is 18.3 Å². The van der Waals surface area contributed by atoms with Crippen molar-refractivity contribution in [3.05, 3.63) is 24.3 Å². The standard InChI is InChI=1S/C15H24N4O/c1-2-5-12(16)6-3-4-11-18-15(20)19-14-9-7-13(17)8-10-14/h7-10,16H,2-6,11,17H2,1H3,(H2,18,19,20). The molecule has 110 valence electrons. The van der Waals surface area contributed by atoms with Crippen molar-refractivity contribution in [2.24, 2.45) is 0 Å². The summed E-state index contributed by atoms with van der Waals surface area (Å²) in [6.07, 6.45) is 4.57. The molecule has 0 aliphatic heterocycles. The second-order valence-corrected chi connectivity index (χ2v) is 4.81. The molecule has 0 aliphatic rings. The number of anilines is 2. The first-order chi connectivity index (χ1) is 9.61. The molecule has 0 fully saturated rings. The Bertz CT molecular complexity index is 428. The first-order valence-electron chi connectivity index (χ1n) is 7.08. The highest BCUT2D eigenvalue weighted by Crippen LogP contribution is 2.10. The Morgan fingerprint density at radius 3 is 2.55 bits per heavy atom. The molecule has 20 heavy (non-hydrogen) atoms. The van der Waals surface area contributed by atoms with Gasteiger partial charge in [0.25, 0.3) is 0 Å². The molecule has 0 saturated carbocycles. The number of rotatable bonds is 8. The van der Waals surface area contributed by atoms with Crippen LogP contribution in [0, 0.1) is 5.41 Å². The molecule has 0 unspecified atom stereocenters. The van der Waals surface area contributed by atoms with E-state index in [1.54, 1.807) is 24.3 Å². The van der Waals surface area contributed by atoms with E-state index in [9.17, 15) is 4.79 Å². The quantitative estimate of drug-likeness (QED) is 0.333. The number of carbonyl (C=O) groups is 1. The van der Waals surface area contributed by atoms with Crippen molar-refractivity contribution in [2.75, 3.05) is 17.6 Å². The van der Waals surface area contributed by atoms with Crippen molar-refractivity contribution < 1.29 is 4.79 Å². The van der Waals surface area contributed by atoms with E-state index >= 15 is 0 Å². The fourth-order valence-electron chi connectivity index (χ4n) is 1.83. The summed E-state index contributed by atoms with van der Waals surface area (Å²) >= 11 is 0. The normalized spacial score (nSPS) is 10.1. The molecule has 1 rings (SSSR count). The van der Waals surface area contributed by atoms with E-state index in [0.29, 0.717) is 12.2 Å². The fourth-order valence-corrected chi connectivity index (χ4v) is 1.83. The van der Waals surface area contributed by atoms with Crippen LogP contribution >= 0.6 is 0 Å². The van der Waals surface area contributed by atoms with E-state index in [-0.39, 0.29) is 6.03 Å². The molecule has 0 bridgehead atoms. The number of amides is 2. The Balaban J connectivity index is 2.11. The minimum absolute atomic E-state index is 0.210. The molecule has 0 heterocycles. The molecule has 0 aliphatic carbocycles. The van der Waals surface area contributed by atoms with Gasteiger partial charge in [0.2, 0.25) is 0 Å². The zero-order valence-electron chi connectivity index (χ0n) is 12.0. The largest absolute Gasteiger partial charge is 0.399 e. The maximum absolute atomic E-state index is 11.6. The number of hydrogen-bond acceptors (Lipinski definition) is 3. The van der Waals surface area contributed by atoms with Gasteiger partial charge in [-0.2, -0.15) is 0 Å². The first-order valence-corrected chi connectivity index (χ1v) is 7.08. The zero-order chi connectivity index (χ0) is 14.8. The molecule has 5 nitrogen and oxygen atoms in total. The Morgan fingerprint density at radius 2 is 1.90 bits per heavy atom. The summed E-state index contributed by atoms with van der Waals surface area (Å²) in [7, 11) is 0. The Hall–Kier alpha value is -2.04. The van der Waals surface area contributed by atoms with E-state index in [4.69, 9.17) is 11.1 Å². The molecule has 0 saturated heterocycles. The summed E-state index contributed by atoms with van der Waals surface area (Å²) < 4.78 is 0. The molecule has 1 aromatic carbocycles. The molecule has 2 amide bonds. The zero-order valence-corrected chi connectivity index (χ0v) is 12.0. The predicted molar refractivity (Wildman–Crippen MR) is 84.4 cm³/mol. The third-order valence-corrected chi connectivity index (χ3v) is 2.91. The lowest BCUT2D eigenvalue weighted by atomic mass is 10.1. The maximum atomic E-state index is 11.6. The Kier molecular flexibility index (Phi) is 7.17. The Labute approximate surface area is 120 Å². The topological polar surface area (TPSA) is 91.0 Å². The minimum Gasteiger partial charge on any atom is -0.399 e. The highest BCUT2D eigenvalue weighted by atomic mass is 16.2. The number of hydrogen-bond donors (Lipinski definition) is 4. The highest BCUT2D eigenvalue weighted by Gasteiger charge is 2.01. The van der Waals surface area contributed by atoms with Crippen molar-refractivity contribution in [1.82, 2.24) is 5.32 Å². The smallest absolute Gasteiger partial charge is 0.319 e. The minimum atomic E-state index is -0.210. The van der Waals surface area contributed by atoms with Crippen molar-refractivity contribution >= 4 is 23.1 Å². The number of benzene rings is 1. The summed E-state index contributed by atoms with van der Waals surface area (Å²) in [6.45, 7) is 2.71. The molecule has 1 aromatic rings. The number of nitrogens with one attached hydrogen (secondary N) is 3. The van der Waals surface area contributed by atoms with Crippen LogP contribution < -0.4 is 16.4 Å². The van der Waals surface area contributed by atoms with Crippen molar-refractivity contribution in [2.45, 2.75) is 39.0 Å². The van der Waals surface area contributed by atoms with Gasteiger partial charge in [0.05, 0.1) is 0 Å². The van der Waals surface area contributed by atoms with E-state index in [2.05, 4.69) is 17.6 Å². The average molecular weight is 276 g/mol. The maximum Gasteiger partial charge on any atom is 0.319 e. The fraction of sp³-hybridized carbons (Fsp3) is 0.467. The first kappa shape index (κ1) is 16.0. The lowest BCUT2D eigenvalue weighted by Gasteiger charge is -2.08. The Morgan fingerprint density at radius 1 is 1.20 bits per heavy atom. The van der Waals surface area contributed by atoms with E-state index < -0.39 is 0 Å². The predicted octanol–water partition coefficient (Wildman–Crippen LogP) is 3.38. The number of unbranched alkanes of at least 4 members (excludes halogenated alkanes) is 1. The monoisotopic (exact) mass is 276 g/mol. The van der Waals surface area contributed by atoms with Crippen LogP contribution in [0.1, 0.15) is 39.0 Å². The van der Waals surface area contributed by atoms with Crippen LogP contribution in [0.2, 0.25) is 0 Å². The van der Waals surface area contributed by atoms with Gasteiger partial charge >= 0.3 is 6.03 Å². The summed E-state index contributed by atoms with van der Waals surface area (Å²) in [5.74, 6) is 0. The molecular weight excluding hydrogens is 252 g/mol. The second-order valence-electron chi connectivity index (χ2n) is 4.81. The molecule has 5 heteroatoms. The van der Waals surface area contributed by atoms with Crippen molar-refractivity contribution in [1.29, 1.82) is 5.41 Å². The summed E-state index contributed by atoms with van der Waals surface area (Å²) in [4.78, 5) is 11.6. The number of carbonyl (C=O) groups excluding carboxylic acids is 1. The van der Waals surface area contributed by atoms with Gasteiger partial charge in [-0.05, 0) is 49.9 Å². The third-order valence-electron chi connectivity index (χ3n) is 2.91. The third kappa shape index (κ3) is 6.78. The molecule has 0 radical (unpaired) electrons. The van der Waals surface area contributed by atoms with E-state index in [1.165, 1.54) is 0 Å². The highest BCUT2D eigenvalue weighted by molar-refractivity contribution is 5.89. The lowest BCUT2D eigenvalue weighted by molar-refractivity contribution is 0.252. The van der Waals surface area contributed by atoms with Gasteiger partial charge in [0.15, 0.2) is 0 Å². The van der Waals surface area contributed by atoms with Crippen LogP contribution in [0.4, 0.5) is 16.2 Å². The van der Waals surface area contributed by atoms with Gasteiger partial charge in [-0.25, -0.2) is 4.79 Å². The van der Waals surface area contributed by atoms with E-state index in [1.807, 2.05) is 0 Å². The van der Waals surface area contributed by atoms with Gasteiger partial charge < -0.3 is 21.8 Å². The second kappa shape index (κ2) is 8.96. The number of urea groups is 1. The molecule has 5 N–H and O–H groups in total. The van der Waals surface area contributed by atoms with Crippen LogP contribution in [-0.2, 0) is 0 Å². The molecule has 0 atom stereocenters. The van der Waals surface area contributed by atoms with Crippen molar-refractivity contribution in [3.8, 4) is 0 Å². The van der Waals surface area contributed by atoms with Crippen molar-refractivity contribution in [3.63, 3.8) is 0 Å². The van der Waals surface area contributed by atoms with Crippen LogP contribution in [0.5, 0.6) is 0 Å². The summed E-state index contributed by atoms with van der Waals surface area (Å²) in [5, 5.41) is 13.2. The van der Waals surface area contributed by atoms with Gasteiger partial charge in [0.1, 0.15) is 0 Å². The van der Waals surface area contributed by atoms with E-state index in [0.717, 1.165) is 43.5 Å². The van der Waals surface area contributed by atoms with Gasteiger partial charge in [0, 0.05) is 23.6 Å². The molecule has 0 spiro atoms. The number of nitrogens with two attached hydrogens (primary N) is 1. The van der Waals surface area contributed by atoms with Gasteiger partial charge in [-0.1, -0.05) is 13.3 Å². The summed E-state index contributed by atoms with van der Waals surface area (Å²) in [6, 6.07) is 6.81. The SMILES string of the molecule is CCCC(=N)CCCCNC(=O)Nc1ccc(N)cc1. The van der Waals surface area contributed by atoms with Crippen LogP contribution in [0.25, 0.3) is 0 Å². The van der Waals surface area contributed by atoms with Crippen LogP contribution in [0.3, 0.4) is 0 Å². The van der Waals surface area contributed by atoms with Gasteiger partial charge in [-0.15, -0.1) is 0 Å². The van der Waals surface area contributed by atoms with Gasteiger partial charge in [-0.3, -0.25) is 0 Å². The number of nitrogen functional groups attached to an aromatic ring is 1.